The fourth-order valence-electron chi connectivity index (χ4n) is 1.94. The Balaban J connectivity index is 1.72. The number of benzene rings is 1. The lowest BCUT2D eigenvalue weighted by molar-refractivity contribution is 0.0953. The Hall–Kier alpha value is -1.88. The Morgan fingerprint density at radius 1 is 1.24 bits per heavy atom. The molecule has 110 valence electrons. The number of carbonyl (C=O) groups excluding carboxylic acids is 1. The third-order valence-electron chi connectivity index (χ3n) is 3.14. The second-order valence-electron chi connectivity index (χ2n) is 4.74. The molecule has 0 atom stereocenters. The summed E-state index contributed by atoms with van der Waals surface area (Å²) >= 11 is 3.25. The van der Waals surface area contributed by atoms with E-state index >= 15 is 0 Å². The molecule has 0 radical (unpaired) electrons. The highest BCUT2D eigenvalue weighted by atomic mass is 79.9. The maximum atomic E-state index is 11.9. The molecule has 0 bridgehead atoms. The summed E-state index contributed by atoms with van der Waals surface area (Å²) in [5.41, 5.74) is 1.76. The zero-order chi connectivity index (χ0) is 15.1. The van der Waals surface area contributed by atoms with Crippen LogP contribution in [-0.2, 0) is 0 Å². The number of amides is 1. The molecule has 2 rings (SSSR count). The van der Waals surface area contributed by atoms with Gasteiger partial charge in [-0.3, -0.25) is 4.79 Å². The van der Waals surface area contributed by atoms with Crippen molar-refractivity contribution in [2.24, 2.45) is 0 Å². The molecule has 0 aliphatic heterocycles. The smallest absolute Gasteiger partial charge is 0.252 e. The van der Waals surface area contributed by atoms with Crippen molar-refractivity contribution in [3.8, 4) is 0 Å². The highest BCUT2D eigenvalue weighted by Gasteiger charge is 2.05. The number of rotatable bonds is 6. The van der Waals surface area contributed by atoms with Crippen molar-refractivity contribution in [1.82, 2.24) is 10.3 Å². The average molecular weight is 348 g/mol. The molecule has 0 aliphatic carbocycles. The average Bonchev–Trinajstić information content (AvgIpc) is 2.52. The van der Waals surface area contributed by atoms with E-state index in [0.717, 1.165) is 17.6 Å². The Morgan fingerprint density at radius 2 is 2.00 bits per heavy atom. The number of hydrogen-bond donors (Lipinski definition) is 1. The molecule has 1 amide bonds. The molecule has 2 aromatic rings. The van der Waals surface area contributed by atoms with Crippen molar-refractivity contribution in [3.05, 3.63) is 58.8 Å². The van der Waals surface area contributed by atoms with E-state index in [9.17, 15) is 4.79 Å². The standard InChI is InChI=1S/C16H18BrN3O/c1-20(14-6-3-2-4-7-14)11-5-10-18-16(21)13-8-9-15(17)19-12-13/h2-4,6-9,12H,5,10-11H2,1H3,(H,18,21). The van der Waals surface area contributed by atoms with Gasteiger partial charge < -0.3 is 10.2 Å². The number of para-hydroxylation sites is 1. The third kappa shape index (κ3) is 4.86. The zero-order valence-corrected chi connectivity index (χ0v) is 13.5. The highest BCUT2D eigenvalue weighted by molar-refractivity contribution is 9.10. The molecule has 21 heavy (non-hydrogen) atoms. The monoisotopic (exact) mass is 347 g/mol. The van der Waals surface area contributed by atoms with Gasteiger partial charge in [-0.25, -0.2) is 4.98 Å². The van der Waals surface area contributed by atoms with Crippen LogP contribution in [0.25, 0.3) is 0 Å². The van der Waals surface area contributed by atoms with Crippen LogP contribution < -0.4 is 10.2 Å². The normalized spacial score (nSPS) is 10.2. The quantitative estimate of drug-likeness (QED) is 0.645. The van der Waals surface area contributed by atoms with Crippen molar-refractivity contribution in [2.75, 3.05) is 25.0 Å². The van der Waals surface area contributed by atoms with E-state index in [-0.39, 0.29) is 5.91 Å². The van der Waals surface area contributed by atoms with Crippen LogP contribution in [-0.4, -0.2) is 31.0 Å². The fourth-order valence-corrected chi connectivity index (χ4v) is 2.18. The summed E-state index contributed by atoms with van der Waals surface area (Å²) in [5.74, 6) is -0.0858. The van der Waals surface area contributed by atoms with Crippen LogP contribution in [0, 0.1) is 0 Å². The van der Waals surface area contributed by atoms with E-state index in [4.69, 9.17) is 0 Å². The summed E-state index contributed by atoms with van der Waals surface area (Å²) in [6, 6.07) is 13.7. The first-order chi connectivity index (χ1) is 10.2. The first kappa shape index (κ1) is 15.5. The maximum absolute atomic E-state index is 11.9. The van der Waals surface area contributed by atoms with Crippen LogP contribution in [0.2, 0.25) is 0 Å². The van der Waals surface area contributed by atoms with Gasteiger partial charge in [0.25, 0.3) is 5.91 Å². The van der Waals surface area contributed by atoms with Gasteiger partial charge in [0.15, 0.2) is 0 Å². The minimum absolute atomic E-state index is 0.0858. The second-order valence-corrected chi connectivity index (χ2v) is 5.55. The number of halogens is 1. The number of nitrogens with one attached hydrogen (secondary N) is 1. The Kier molecular flexibility index (Phi) is 5.75. The first-order valence-corrected chi connectivity index (χ1v) is 7.62. The summed E-state index contributed by atoms with van der Waals surface area (Å²) in [4.78, 5) is 18.1. The topological polar surface area (TPSA) is 45.2 Å². The van der Waals surface area contributed by atoms with Crippen LogP contribution in [0.4, 0.5) is 5.69 Å². The largest absolute Gasteiger partial charge is 0.375 e. The minimum Gasteiger partial charge on any atom is -0.375 e. The Labute approximate surface area is 133 Å². The van der Waals surface area contributed by atoms with E-state index in [1.807, 2.05) is 18.2 Å². The van der Waals surface area contributed by atoms with Crippen LogP contribution in [0.3, 0.4) is 0 Å². The molecule has 0 unspecified atom stereocenters. The van der Waals surface area contributed by atoms with E-state index in [1.165, 1.54) is 5.69 Å². The molecule has 0 fully saturated rings. The molecular formula is C16H18BrN3O. The summed E-state index contributed by atoms with van der Waals surface area (Å²) < 4.78 is 0.725. The molecule has 1 aromatic heterocycles. The molecule has 1 heterocycles. The summed E-state index contributed by atoms with van der Waals surface area (Å²) in [6.45, 7) is 1.54. The van der Waals surface area contributed by atoms with Gasteiger partial charge in [-0.2, -0.15) is 0 Å². The van der Waals surface area contributed by atoms with Crippen molar-refractivity contribution in [3.63, 3.8) is 0 Å². The summed E-state index contributed by atoms with van der Waals surface area (Å²) in [6.07, 6.45) is 2.45. The van der Waals surface area contributed by atoms with Crippen LogP contribution in [0.1, 0.15) is 16.8 Å². The number of anilines is 1. The number of hydrogen-bond acceptors (Lipinski definition) is 3. The highest BCUT2D eigenvalue weighted by Crippen LogP contribution is 2.10. The van der Waals surface area contributed by atoms with E-state index in [0.29, 0.717) is 12.1 Å². The molecular weight excluding hydrogens is 330 g/mol. The number of carbonyl (C=O) groups is 1. The molecule has 1 N–H and O–H groups in total. The molecule has 0 saturated heterocycles. The van der Waals surface area contributed by atoms with Crippen LogP contribution in [0.15, 0.2) is 53.3 Å². The van der Waals surface area contributed by atoms with Crippen LogP contribution >= 0.6 is 15.9 Å². The SMILES string of the molecule is CN(CCCNC(=O)c1ccc(Br)nc1)c1ccccc1. The van der Waals surface area contributed by atoms with Gasteiger partial charge in [0.05, 0.1) is 5.56 Å². The summed E-state index contributed by atoms with van der Waals surface area (Å²) in [5, 5.41) is 2.90. The van der Waals surface area contributed by atoms with Gasteiger partial charge in [-0.15, -0.1) is 0 Å². The Bertz CT molecular complexity index is 572. The van der Waals surface area contributed by atoms with Gasteiger partial charge in [0, 0.05) is 32.0 Å². The first-order valence-electron chi connectivity index (χ1n) is 6.83. The van der Waals surface area contributed by atoms with E-state index in [2.05, 4.69) is 50.3 Å². The molecule has 1 aromatic carbocycles. The van der Waals surface area contributed by atoms with E-state index < -0.39 is 0 Å². The van der Waals surface area contributed by atoms with Crippen molar-refractivity contribution >= 4 is 27.5 Å². The number of nitrogens with zero attached hydrogens (tertiary/aromatic N) is 2. The lowest BCUT2D eigenvalue weighted by atomic mass is 10.2. The Morgan fingerprint density at radius 3 is 2.67 bits per heavy atom. The van der Waals surface area contributed by atoms with Crippen molar-refractivity contribution in [2.45, 2.75) is 6.42 Å². The zero-order valence-electron chi connectivity index (χ0n) is 11.9. The van der Waals surface area contributed by atoms with E-state index in [1.54, 1.807) is 18.3 Å². The number of aromatic nitrogens is 1. The third-order valence-corrected chi connectivity index (χ3v) is 3.61. The fraction of sp³-hybridized carbons (Fsp3) is 0.250. The lowest BCUT2D eigenvalue weighted by Gasteiger charge is -2.19. The molecule has 5 heteroatoms. The van der Waals surface area contributed by atoms with Gasteiger partial charge in [0.2, 0.25) is 0 Å². The van der Waals surface area contributed by atoms with Gasteiger partial charge in [-0.1, -0.05) is 18.2 Å². The molecule has 0 aliphatic rings. The van der Waals surface area contributed by atoms with Gasteiger partial charge >= 0.3 is 0 Å². The van der Waals surface area contributed by atoms with Gasteiger partial charge in [0.1, 0.15) is 4.60 Å². The molecule has 0 saturated carbocycles. The van der Waals surface area contributed by atoms with Crippen molar-refractivity contribution in [1.29, 1.82) is 0 Å². The van der Waals surface area contributed by atoms with Gasteiger partial charge in [-0.05, 0) is 46.6 Å². The molecule has 4 nitrogen and oxygen atoms in total. The second kappa shape index (κ2) is 7.78. The summed E-state index contributed by atoms with van der Waals surface area (Å²) in [7, 11) is 2.05. The predicted molar refractivity (Wildman–Crippen MR) is 88.6 cm³/mol. The van der Waals surface area contributed by atoms with Crippen LogP contribution in [0.5, 0.6) is 0 Å². The maximum Gasteiger partial charge on any atom is 0.252 e. The predicted octanol–water partition coefficient (Wildman–Crippen LogP) is 3.10. The lowest BCUT2D eigenvalue weighted by Crippen LogP contribution is -2.28. The number of pyridine rings is 1. The van der Waals surface area contributed by atoms with Crippen molar-refractivity contribution < 1.29 is 4.79 Å². The molecule has 0 spiro atoms. The minimum atomic E-state index is -0.0858.